The first kappa shape index (κ1) is 31.3. The highest BCUT2D eigenvalue weighted by Crippen LogP contribution is 2.38. The number of H-pyrrole nitrogens is 1. The summed E-state index contributed by atoms with van der Waals surface area (Å²) in [6, 6.07) is 5.73. The number of pyridine rings is 3. The Balaban J connectivity index is 1.16. The molecule has 2 aliphatic rings. The number of aromatic nitrogens is 8. The van der Waals surface area contributed by atoms with E-state index in [9.17, 15) is 26.3 Å². The van der Waals surface area contributed by atoms with E-state index in [2.05, 4.69) is 25.0 Å². The second-order valence-corrected chi connectivity index (χ2v) is 11.6. The molecule has 0 radical (unpaired) electrons. The Bertz CT molecular complexity index is 1920. The van der Waals surface area contributed by atoms with Crippen LogP contribution in [-0.2, 0) is 49.8 Å². The summed E-state index contributed by atoms with van der Waals surface area (Å²) in [6.45, 7) is 1.85. The van der Waals surface area contributed by atoms with Gasteiger partial charge in [-0.3, -0.25) is 20.0 Å². The molecule has 2 aliphatic heterocycles. The topological polar surface area (TPSA) is 120 Å². The third kappa shape index (κ3) is 6.59. The number of nitrogens with zero attached hydrogens (tertiary/aromatic N) is 8. The Labute approximate surface area is 266 Å². The molecule has 1 fully saturated rings. The average molecular weight is 680 g/mol. The molecule has 1 saturated heterocycles. The molecule has 0 aliphatic carbocycles. The smallest absolute Gasteiger partial charge is 0.451 e. The molecule has 0 spiro atoms. The molecule has 1 N–H and O–H groups in total. The van der Waals surface area contributed by atoms with Gasteiger partial charge in [-0.15, -0.1) is 0 Å². The lowest BCUT2D eigenvalue weighted by Gasteiger charge is -2.30. The molecule has 0 aromatic carbocycles. The van der Waals surface area contributed by atoms with Crippen molar-refractivity contribution in [2.24, 2.45) is 0 Å². The summed E-state index contributed by atoms with van der Waals surface area (Å²) in [5.74, 6) is -1.37. The van der Waals surface area contributed by atoms with Gasteiger partial charge in [-0.05, 0) is 42.7 Å². The largest absolute Gasteiger partial charge is 0.471 e. The highest BCUT2D eigenvalue weighted by Gasteiger charge is 2.38. The lowest BCUT2D eigenvalue weighted by molar-refractivity contribution is -0.144. The fourth-order valence-electron chi connectivity index (χ4n) is 5.43. The van der Waals surface area contributed by atoms with Crippen LogP contribution in [0, 0.1) is 0 Å². The monoisotopic (exact) mass is 679 g/mol. The van der Waals surface area contributed by atoms with Crippen LogP contribution in [0.25, 0.3) is 22.6 Å². The standard InChI is InChI=1S/C29H24ClF6N9O2/c30-16-1-2-17(37-9-16)14-47-26-19(28(31,32)33)7-15-3-5-44(12-22(15)40-26)13-24-39-20-8-21(25-41-27(43-42-25)29(34,35)36)38-10-23(20)45(24)11-18-4-6-46-18/h1-2,7-10,18H,3-6,11-14H2,(H,41,42,43)/t18-/m0/s1. The first-order chi connectivity index (χ1) is 22.4. The van der Waals surface area contributed by atoms with E-state index < -0.39 is 29.6 Å². The fraction of sp³-hybridized carbons (Fsp3) is 0.379. The van der Waals surface area contributed by atoms with Crippen LogP contribution in [0.2, 0.25) is 5.02 Å². The molecular weight excluding hydrogens is 656 g/mol. The maximum absolute atomic E-state index is 14.0. The van der Waals surface area contributed by atoms with Crippen LogP contribution in [0.4, 0.5) is 26.3 Å². The van der Waals surface area contributed by atoms with Gasteiger partial charge < -0.3 is 14.0 Å². The molecule has 11 nitrogen and oxygen atoms in total. The quantitative estimate of drug-likeness (QED) is 0.208. The van der Waals surface area contributed by atoms with Gasteiger partial charge in [0.2, 0.25) is 11.7 Å². The summed E-state index contributed by atoms with van der Waals surface area (Å²) >= 11 is 5.85. The third-order valence-electron chi connectivity index (χ3n) is 7.92. The Hall–Kier alpha value is -4.35. The van der Waals surface area contributed by atoms with Crippen LogP contribution < -0.4 is 4.74 Å². The first-order valence-electron chi connectivity index (χ1n) is 14.4. The minimum absolute atomic E-state index is 0.0486. The van der Waals surface area contributed by atoms with E-state index in [4.69, 9.17) is 26.1 Å². The van der Waals surface area contributed by atoms with Crippen molar-refractivity contribution in [3.05, 3.63) is 75.8 Å². The van der Waals surface area contributed by atoms with Gasteiger partial charge in [-0.25, -0.2) is 15.0 Å². The molecule has 18 heteroatoms. The molecule has 5 aromatic rings. The number of hydrogen-bond donors (Lipinski definition) is 1. The minimum Gasteiger partial charge on any atom is -0.471 e. The number of imidazole rings is 1. The van der Waals surface area contributed by atoms with Gasteiger partial charge in [0.15, 0.2) is 5.82 Å². The number of alkyl halides is 6. The highest BCUT2D eigenvalue weighted by atomic mass is 35.5. The van der Waals surface area contributed by atoms with Crippen molar-refractivity contribution >= 4 is 22.6 Å². The maximum Gasteiger partial charge on any atom is 0.451 e. The molecule has 0 amide bonds. The Morgan fingerprint density at radius 2 is 1.85 bits per heavy atom. The van der Waals surface area contributed by atoms with E-state index in [1.807, 2.05) is 14.6 Å². The van der Waals surface area contributed by atoms with Crippen molar-refractivity contribution in [3.63, 3.8) is 0 Å². The van der Waals surface area contributed by atoms with Gasteiger partial charge >= 0.3 is 12.4 Å². The number of ether oxygens (including phenoxy) is 2. The number of fused-ring (bicyclic) bond motifs is 2. The third-order valence-corrected chi connectivity index (χ3v) is 8.14. The summed E-state index contributed by atoms with van der Waals surface area (Å²) < 4.78 is 94.3. The molecule has 47 heavy (non-hydrogen) atoms. The summed E-state index contributed by atoms with van der Waals surface area (Å²) in [4.78, 5) is 23.0. The first-order valence-corrected chi connectivity index (χ1v) is 14.8. The molecule has 1 atom stereocenters. The second-order valence-electron chi connectivity index (χ2n) is 11.1. The van der Waals surface area contributed by atoms with E-state index in [0.29, 0.717) is 71.5 Å². The summed E-state index contributed by atoms with van der Waals surface area (Å²) in [6.07, 6.45) is -5.37. The molecular formula is C29H24ClF6N9O2. The van der Waals surface area contributed by atoms with E-state index >= 15 is 0 Å². The Kier molecular flexibility index (Phi) is 8.00. The summed E-state index contributed by atoms with van der Waals surface area (Å²) in [5, 5.41) is 5.93. The lowest BCUT2D eigenvalue weighted by Crippen LogP contribution is -2.34. The van der Waals surface area contributed by atoms with Gasteiger partial charge in [0.25, 0.3) is 0 Å². The number of hydrogen-bond acceptors (Lipinski definition) is 9. The van der Waals surface area contributed by atoms with Crippen molar-refractivity contribution in [2.75, 3.05) is 13.2 Å². The maximum atomic E-state index is 14.0. The van der Waals surface area contributed by atoms with E-state index in [-0.39, 0.29) is 30.8 Å². The zero-order valence-corrected chi connectivity index (χ0v) is 25.0. The van der Waals surface area contributed by atoms with Crippen LogP contribution >= 0.6 is 11.6 Å². The zero-order valence-electron chi connectivity index (χ0n) is 24.2. The van der Waals surface area contributed by atoms with Gasteiger partial charge in [0.1, 0.15) is 23.7 Å². The predicted molar refractivity (Wildman–Crippen MR) is 153 cm³/mol. The molecule has 5 aromatic heterocycles. The fourth-order valence-corrected chi connectivity index (χ4v) is 5.55. The van der Waals surface area contributed by atoms with Crippen LogP contribution in [0.15, 0.2) is 36.7 Å². The summed E-state index contributed by atoms with van der Waals surface area (Å²) in [5.41, 5.74) is 1.57. The van der Waals surface area contributed by atoms with E-state index in [1.165, 1.54) is 18.5 Å². The van der Waals surface area contributed by atoms with Crippen LogP contribution in [0.1, 0.15) is 40.6 Å². The SMILES string of the molecule is FC(F)(F)c1nc(-c2cc3nc(CN4CCc5cc(C(F)(F)F)c(OCc6ccc(Cl)cn6)nc5C4)n(C[C@@H]4CCO4)c3cn2)n[nH]1. The second kappa shape index (κ2) is 12.0. The lowest BCUT2D eigenvalue weighted by atomic mass is 10.0. The van der Waals surface area contributed by atoms with Crippen molar-refractivity contribution in [3.8, 4) is 17.4 Å². The molecule has 246 valence electrons. The van der Waals surface area contributed by atoms with Crippen LogP contribution in [-0.4, -0.2) is 63.8 Å². The molecule has 0 bridgehead atoms. The van der Waals surface area contributed by atoms with Crippen molar-refractivity contribution < 1.29 is 35.8 Å². The predicted octanol–water partition coefficient (Wildman–Crippen LogP) is 5.62. The zero-order chi connectivity index (χ0) is 32.9. The van der Waals surface area contributed by atoms with Crippen molar-refractivity contribution in [1.29, 1.82) is 0 Å². The van der Waals surface area contributed by atoms with Gasteiger partial charge in [-0.1, -0.05) is 11.6 Å². The van der Waals surface area contributed by atoms with Gasteiger partial charge in [0, 0.05) is 25.9 Å². The number of halogens is 7. The van der Waals surface area contributed by atoms with Crippen molar-refractivity contribution in [2.45, 2.75) is 57.5 Å². The molecule has 0 unspecified atom stereocenters. The normalized spacial score (nSPS) is 17.1. The molecule has 7 rings (SSSR count). The number of rotatable bonds is 8. The Morgan fingerprint density at radius 1 is 1.02 bits per heavy atom. The Morgan fingerprint density at radius 3 is 2.53 bits per heavy atom. The number of nitrogens with one attached hydrogen (secondary N) is 1. The van der Waals surface area contributed by atoms with Crippen LogP contribution in [0.5, 0.6) is 5.88 Å². The van der Waals surface area contributed by atoms with Gasteiger partial charge in [-0.2, -0.15) is 31.4 Å². The van der Waals surface area contributed by atoms with E-state index in [0.717, 1.165) is 12.5 Å². The van der Waals surface area contributed by atoms with Crippen molar-refractivity contribution in [1.82, 2.24) is 44.6 Å². The average Bonchev–Trinajstić information content (AvgIpc) is 3.63. The molecule has 0 saturated carbocycles. The highest BCUT2D eigenvalue weighted by molar-refractivity contribution is 6.30. The minimum atomic E-state index is -4.69. The molecule has 7 heterocycles. The number of aromatic amines is 1. The summed E-state index contributed by atoms with van der Waals surface area (Å²) in [7, 11) is 0. The van der Waals surface area contributed by atoms with Crippen LogP contribution in [0.3, 0.4) is 0 Å². The van der Waals surface area contributed by atoms with Gasteiger partial charge in [0.05, 0.1) is 52.8 Å². The van der Waals surface area contributed by atoms with E-state index in [1.54, 1.807) is 12.1 Å².